The summed E-state index contributed by atoms with van der Waals surface area (Å²) in [7, 11) is 2.19. The number of aliphatic hydroxyl groups is 2. The van der Waals surface area contributed by atoms with Crippen LogP contribution in [0.1, 0.15) is 24.4 Å². The Bertz CT molecular complexity index is 477. The summed E-state index contributed by atoms with van der Waals surface area (Å²) in [4.78, 5) is 26.1. The Kier molecular flexibility index (Phi) is 6.90. The van der Waals surface area contributed by atoms with Crippen molar-refractivity contribution >= 4 is 11.9 Å². The average molecular weight is 312 g/mol. The second-order valence-electron chi connectivity index (χ2n) is 4.99. The van der Waals surface area contributed by atoms with E-state index in [4.69, 9.17) is 20.4 Å². The Balaban J connectivity index is 0.000000225. The van der Waals surface area contributed by atoms with Gasteiger partial charge in [0.1, 0.15) is 0 Å². The van der Waals surface area contributed by atoms with Crippen molar-refractivity contribution in [2.45, 2.75) is 31.1 Å². The molecule has 1 aromatic heterocycles. The first-order valence-electron chi connectivity index (χ1n) is 6.76. The Morgan fingerprint density at radius 2 is 1.86 bits per heavy atom. The molecule has 2 heterocycles. The first kappa shape index (κ1) is 18.0. The molecule has 1 aliphatic heterocycles. The van der Waals surface area contributed by atoms with Crippen molar-refractivity contribution in [3.63, 3.8) is 0 Å². The molecule has 1 aromatic rings. The number of carboxylic acids is 2. The number of rotatable bonds is 4. The molecule has 1 aliphatic rings. The van der Waals surface area contributed by atoms with Gasteiger partial charge in [-0.2, -0.15) is 0 Å². The van der Waals surface area contributed by atoms with Gasteiger partial charge in [0.2, 0.25) is 0 Å². The smallest absolute Gasteiger partial charge is 0.335 e. The summed E-state index contributed by atoms with van der Waals surface area (Å²) in [5.74, 6) is -3.54. The van der Waals surface area contributed by atoms with E-state index in [1.165, 1.54) is 24.9 Å². The van der Waals surface area contributed by atoms with Crippen molar-refractivity contribution in [2.24, 2.45) is 0 Å². The molecule has 0 aliphatic carbocycles. The summed E-state index contributed by atoms with van der Waals surface area (Å²) in [5.41, 5.74) is 1.36. The van der Waals surface area contributed by atoms with E-state index in [0.29, 0.717) is 6.04 Å². The van der Waals surface area contributed by atoms with Crippen molar-refractivity contribution < 1.29 is 30.0 Å². The lowest BCUT2D eigenvalue weighted by Gasteiger charge is -2.18. The van der Waals surface area contributed by atoms with Crippen molar-refractivity contribution in [3.05, 3.63) is 30.1 Å². The third-order valence-corrected chi connectivity index (χ3v) is 3.39. The zero-order chi connectivity index (χ0) is 16.7. The second kappa shape index (κ2) is 8.42. The summed E-state index contributed by atoms with van der Waals surface area (Å²) in [6.45, 7) is 1.22. The number of likely N-dealkylation sites (tertiary alicyclic amines) is 1. The van der Waals surface area contributed by atoms with Crippen molar-refractivity contribution in [2.75, 3.05) is 13.6 Å². The van der Waals surface area contributed by atoms with Crippen LogP contribution in [-0.2, 0) is 9.59 Å². The number of aliphatic hydroxyl groups excluding tert-OH is 2. The SMILES string of the molecule is CN1CCC[C@H]1c1cccnc1.O=C(O)[C@H](O)[C@@H](O)C(=O)O. The maximum atomic E-state index is 9.77. The first-order chi connectivity index (χ1) is 10.3. The lowest BCUT2D eigenvalue weighted by atomic mass is 10.1. The molecule has 0 spiro atoms. The fraction of sp³-hybridized carbons (Fsp3) is 0.500. The number of hydrogen-bond acceptors (Lipinski definition) is 6. The molecule has 4 N–H and O–H groups in total. The van der Waals surface area contributed by atoms with Crippen LogP contribution in [0.2, 0.25) is 0 Å². The van der Waals surface area contributed by atoms with Crippen LogP contribution in [0.25, 0.3) is 0 Å². The van der Waals surface area contributed by atoms with E-state index >= 15 is 0 Å². The standard InChI is InChI=1S/C10H14N2.C4H6O6/c1-12-7-3-5-10(12)9-4-2-6-11-8-9;5-1(3(7)8)2(6)4(9)10/h2,4,6,8,10H,3,5,7H2,1H3;1-2,5-6H,(H,7,8)(H,9,10)/t10-;1-,2-/m01/s1. The van der Waals surface area contributed by atoms with Gasteiger partial charge >= 0.3 is 11.9 Å². The highest BCUT2D eigenvalue weighted by atomic mass is 16.4. The molecule has 2 rings (SSSR count). The molecule has 0 aromatic carbocycles. The minimum Gasteiger partial charge on any atom is -0.479 e. The van der Waals surface area contributed by atoms with E-state index in [-0.39, 0.29) is 0 Å². The number of hydrogen-bond donors (Lipinski definition) is 4. The highest BCUT2D eigenvalue weighted by Gasteiger charge is 2.29. The summed E-state index contributed by atoms with van der Waals surface area (Å²) in [6, 6.07) is 4.79. The Morgan fingerprint density at radius 3 is 2.23 bits per heavy atom. The molecule has 0 saturated carbocycles. The van der Waals surface area contributed by atoms with E-state index < -0.39 is 24.1 Å². The van der Waals surface area contributed by atoms with Gasteiger partial charge in [0.05, 0.1) is 0 Å². The van der Waals surface area contributed by atoms with Crippen LogP contribution in [0.15, 0.2) is 24.5 Å². The molecule has 1 fully saturated rings. The summed E-state index contributed by atoms with van der Waals surface area (Å²) >= 11 is 0. The van der Waals surface area contributed by atoms with Crippen LogP contribution in [0.4, 0.5) is 0 Å². The van der Waals surface area contributed by atoms with Crippen LogP contribution in [-0.4, -0.2) is 68.0 Å². The van der Waals surface area contributed by atoms with E-state index in [1.54, 1.807) is 0 Å². The molecule has 3 atom stereocenters. The Hall–Kier alpha value is -2.03. The van der Waals surface area contributed by atoms with Gasteiger partial charge in [0.15, 0.2) is 12.2 Å². The zero-order valence-corrected chi connectivity index (χ0v) is 12.2. The number of aliphatic carboxylic acids is 2. The molecular formula is C14H20N2O6. The van der Waals surface area contributed by atoms with E-state index in [2.05, 4.69) is 23.0 Å². The number of carbonyl (C=O) groups is 2. The lowest BCUT2D eigenvalue weighted by molar-refractivity contribution is -0.165. The number of carboxylic acid groups (broad SMARTS) is 2. The average Bonchev–Trinajstić information content (AvgIpc) is 2.93. The normalized spacial score (nSPS) is 20.6. The van der Waals surface area contributed by atoms with Gasteiger partial charge in [0.25, 0.3) is 0 Å². The highest BCUT2D eigenvalue weighted by Crippen LogP contribution is 2.29. The fourth-order valence-corrected chi connectivity index (χ4v) is 2.17. The van der Waals surface area contributed by atoms with Crippen LogP contribution < -0.4 is 0 Å². The van der Waals surface area contributed by atoms with Gasteiger partial charge in [0, 0.05) is 18.4 Å². The molecule has 0 radical (unpaired) electrons. The lowest BCUT2D eigenvalue weighted by Crippen LogP contribution is -2.39. The van der Waals surface area contributed by atoms with Crippen molar-refractivity contribution in [1.29, 1.82) is 0 Å². The Morgan fingerprint density at radius 1 is 1.27 bits per heavy atom. The van der Waals surface area contributed by atoms with E-state index in [1.807, 2.05) is 18.5 Å². The minimum atomic E-state index is -2.27. The molecular weight excluding hydrogens is 292 g/mol. The third kappa shape index (κ3) is 5.06. The predicted molar refractivity (Wildman–Crippen MR) is 76.1 cm³/mol. The molecule has 8 heteroatoms. The molecule has 8 nitrogen and oxygen atoms in total. The predicted octanol–water partition coefficient (Wildman–Crippen LogP) is -0.274. The molecule has 0 unspecified atom stereocenters. The number of aromatic nitrogens is 1. The molecule has 0 bridgehead atoms. The van der Waals surface area contributed by atoms with Gasteiger partial charge in [-0.05, 0) is 38.1 Å². The summed E-state index contributed by atoms with van der Waals surface area (Å²) in [5, 5.41) is 32.5. The second-order valence-corrected chi connectivity index (χ2v) is 4.99. The van der Waals surface area contributed by atoms with Crippen LogP contribution in [0.5, 0.6) is 0 Å². The minimum absolute atomic E-state index is 0.610. The third-order valence-electron chi connectivity index (χ3n) is 3.39. The van der Waals surface area contributed by atoms with Gasteiger partial charge in [-0.1, -0.05) is 6.07 Å². The quantitative estimate of drug-likeness (QED) is 0.597. The first-order valence-corrected chi connectivity index (χ1v) is 6.76. The van der Waals surface area contributed by atoms with Gasteiger partial charge < -0.3 is 20.4 Å². The summed E-state index contributed by atoms with van der Waals surface area (Å²) in [6.07, 6.45) is 1.87. The van der Waals surface area contributed by atoms with E-state index in [0.717, 1.165) is 0 Å². The topological polar surface area (TPSA) is 131 Å². The molecule has 1 saturated heterocycles. The van der Waals surface area contributed by atoms with Gasteiger partial charge in [-0.15, -0.1) is 0 Å². The van der Waals surface area contributed by atoms with Crippen molar-refractivity contribution in [3.8, 4) is 0 Å². The van der Waals surface area contributed by atoms with Gasteiger partial charge in [-0.3, -0.25) is 9.88 Å². The summed E-state index contributed by atoms with van der Waals surface area (Å²) < 4.78 is 0. The van der Waals surface area contributed by atoms with Gasteiger partial charge in [-0.25, -0.2) is 9.59 Å². The molecule has 0 amide bonds. The van der Waals surface area contributed by atoms with Crippen LogP contribution >= 0.6 is 0 Å². The zero-order valence-electron chi connectivity index (χ0n) is 12.2. The molecule has 22 heavy (non-hydrogen) atoms. The van der Waals surface area contributed by atoms with Crippen molar-refractivity contribution in [1.82, 2.24) is 9.88 Å². The number of pyridine rings is 1. The molecule has 122 valence electrons. The Labute approximate surface area is 127 Å². The fourth-order valence-electron chi connectivity index (χ4n) is 2.17. The maximum absolute atomic E-state index is 9.77. The van der Waals surface area contributed by atoms with Crippen LogP contribution in [0, 0.1) is 0 Å². The van der Waals surface area contributed by atoms with Crippen LogP contribution in [0.3, 0.4) is 0 Å². The number of nitrogens with zero attached hydrogens (tertiary/aromatic N) is 2. The van der Waals surface area contributed by atoms with E-state index in [9.17, 15) is 9.59 Å². The monoisotopic (exact) mass is 312 g/mol. The maximum Gasteiger partial charge on any atom is 0.335 e. The highest BCUT2D eigenvalue weighted by molar-refractivity contribution is 5.83. The largest absolute Gasteiger partial charge is 0.479 e.